The lowest BCUT2D eigenvalue weighted by Crippen LogP contribution is -2.51. The van der Waals surface area contributed by atoms with Crippen molar-refractivity contribution < 1.29 is 9.59 Å². The van der Waals surface area contributed by atoms with Crippen LogP contribution in [-0.2, 0) is 9.59 Å². The molecule has 0 bridgehead atoms. The van der Waals surface area contributed by atoms with Gasteiger partial charge in [-0.25, -0.2) is 0 Å². The first kappa shape index (κ1) is 16.0. The van der Waals surface area contributed by atoms with Gasteiger partial charge in [0.15, 0.2) is 0 Å². The van der Waals surface area contributed by atoms with Crippen molar-refractivity contribution >= 4 is 11.8 Å². The molecule has 1 atom stereocenters. The molecular formula is C14H27N3O2. The van der Waals surface area contributed by atoms with E-state index in [4.69, 9.17) is 0 Å². The average Bonchev–Trinajstić information content (AvgIpc) is 2.37. The molecule has 0 radical (unpaired) electrons. The minimum Gasteiger partial charge on any atom is -0.356 e. The third kappa shape index (κ3) is 5.59. The van der Waals surface area contributed by atoms with E-state index in [2.05, 4.69) is 24.5 Å². The first-order valence-corrected chi connectivity index (χ1v) is 7.33. The number of piperidine rings is 1. The van der Waals surface area contributed by atoms with E-state index in [0.717, 1.165) is 25.9 Å². The number of nitrogens with one attached hydrogen (secondary N) is 2. The zero-order chi connectivity index (χ0) is 14.3. The highest BCUT2D eigenvalue weighted by molar-refractivity contribution is 5.83. The topological polar surface area (TPSA) is 61.4 Å². The van der Waals surface area contributed by atoms with Gasteiger partial charge in [-0.1, -0.05) is 20.8 Å². The second-order valence-corrected chi connectivity index (χ2v) is 5.53. The van der Waals surface area contributed by atoms with Gasteiger partial charge in [0.1, 0.15) is 0 Å². The van der Waals surface area contributed by atoms with Crippen LogP contribution in [0.4, 0.5) is 0 Å². The van der Waals surface area contributed by atoms with Crippen LogP contribution in [-0.4, -0.2) is 48.9 Å². The maximum Gasteiger partial charge on any atom is 0.239 e. The lowest BCUT2D eigenvalue weighted by molar-refractivity contribution is -0.136. The van der Waals surface area contributed by atoms with Crippen LogP contribution < -0.4 is 10.6 Å². The summed E-state index contributed by atoms with van der Waals surface area (Å²) in [6.45, 7) is 8.95. The van der Waals surface area contributed by atoms with Crippen molar-refractivity contribution in [2.24, 2.45) is 5.92 Å². The largest absolute Gasteiger partial charge is 0.356 e. The molecule has 2 N–H and O–H groups in total. The number of rotatable bonds is 7. The molecule has 0 saturated carbocycles. The minimum atomic E-state index is -0.0579. The predicted molar refractivity (Wildman–Crippen MR) is 75.7 cm³/mol. The van der Waals surface area contributed by atoms with Crippen LogP contribution >= 0.6 is 0 Å². The Balaban J connectivity index is 2.31. The van der Waals surface area contributed by atoms with Gasteiger partial charge in [-0.3, -0.25) is 9.59 Å². The molecule has 0 spiro atoms. The first-order valence-electron chi connectivity index (χ1n) is 7.33. The molecule has 110 valence electrons. The molecule has 0 aromatic heterocycles. The van der Waals surface area contributed by atoms with Gasteiger partial charge in [0.25, 0.3) is 0 Å². The summed E-state index contributed by atoms with van der Waals surface area (Å²) >= 11 is 0. The Kier molecular flexibility index (Phi) is 6.84. The van der Waals surface area contributed by atoms with E-state index < -0.39 is 0 Å². The molecule has 1 fully saturated rings. The van der Waals surface area contributed by atoms with Gasteiger partial charge in [0, 0.05) is 26.1 Å². The summed E-state index contributed by atoms with van der Waals surface area (Å²) in [5.74, 6) is 0.635. The Bertz CT molecular complexity index is 303. The van der Waals surface area contributed by atoms with E-state index in [0.29, 0.717) is 25.4 Å². The van der Waals surface area contributed by atoms with Gasteiger partial charge < -0.3 is 15.5 Å². The molecule has 2 amide bonds. The molecule has 1 heterocycles. The van der Waals surface area contributed by atoms with Gasteiger partial charge in [-0.05, 0) is 25.3 Å². The third-order valence-electron chi connectivity index (χ3n) is 3.30. The summed E-state index contributed by atoms with van der Waals surface area (Å²) in [6, 6.07) is -0.0579. The van der Waals surface area contributed by atoms with Crippen LogP contribution in [0.2, 0.25) is 0 Å². The SMILES string of the molecule is CCNC1CCCN(CCC(=O)NCC(C)C)C1=O. The fourth-order valence-electron chi connectivity index (χ4n) is 2.24. The molecular weight excluding hydrogens is 242 g/mol. The summed E-state index contributed by atoms with van der Waals surface area (Å²) in [6.07, 6.45) is 2.32. The van der Waals surface area contributed by atoms with E-state index in [1.807, 2.05) is 11.8 Å². The van der Waals surface area contributed by atoms with Crippen LogP contribution in [0.15, 0.2) is 0 Å². The van der Waals surface area contributed by atoms with E-state index >= 15 is 0 Å². The number of amides is 2. The Hall–Kier alpha value is -1.10. The van der Waals surface area contributed by atoms with Crippen molar-refractivity contribution in [3.63, 3.8) is 0 Å². The molecule has 19 heavy (non-hydrogen) atoms. The second kappa shape index (κ2) is 8.15. The molecule has 0 aliphatic carbocycles. The number of hydrogen-bond acceptors (Lipinski definition) is 3. The molecule has 0 aromatic rings. The Morgan fingerprint density at radius 1 is 1.47 bits per heavy atom. The molecule has 1 unspecified atom stereocenters. The van der Waals surface area contributed by atoms with E-state index in [-0.39, 0.29) is 17.9 Å². The Labute approximate surface area is 116 Å². The van der Waals surface area contributed by atoms with Gasteiger partial charge in [-0.2, -0.15) is 0 Å². The maximum atomic E-state index is 12.1. The number of likely N-dealkylation sites (tertiary alicyclic amines) is 1. The zero-order valence-electron chi connectivity index (χ0n) is 12.4. The lowest BCUT2D eigenvalue weighted by atomic mass is 10.0. The minimum absolute atomic E-state index is 0.0343. The smallest absolute Gasteiger partial charge is 0.239 e. The number of likely N-dealkylation sites (N-methyl/N-ethyl adjacent to an activating group) is 1. The van der Waals surface area contributed by atoms with Gasteiger partial charge >= 0.3 is 0 Å². The highest BCUT2D eigenvalue weighted by Gasteiger charge is 2.27. The molecule has 0 aromatic carbocycles. The standard InChI is InChI=1S/C14H27N3O2/c1-4-15-12-6-5-8-17(14(12)19)9-7-13(18)16-10-11(2)3/h11-12,15H,4-10H2,1-3H3,(H,16,18). The van der Waals surface area contributed by atoms with E-state index in [9.17, 15) is 9.59 Å². The molecule has 1 aliphatic rings. The Morgan fingerprint density at radius 2 is 2.21 bits per heavy atom. The summed E-state index contributed by atoms with van der Waals surface area (Å²) in [5.41, 5.74) is 0. The third-order valence-corrected chi connectivity index (χ3v) is 3.30. The average molecular weight is 269 g/mol. The van der Waals surface area contributed by atoms with Crippen molar-refractivity contribution in [2.75, 3.05) is 26.2 Å². The van der Waals surface area contributed by atoms with Gasteiger partial charge in [0.2, 0.25) is 11.8 Å². The fraction of sp³-hybridized carbons (Fsp3) is 0.857. The van der Waals surface area contributed by atoms with Gasteiger partial charge in [0.05, 0.1) is 6.04 Å². The van der Waals surface area contributed by atoms with E-state index in [1.54, 1.807) is 0 Å². The van der Waals surface area contributed by atoms with Crippen molar-refractivity contribution in [2.45, 2.75) is 46.1 Å². The fourth-order valence-corrected chi connectivity index (χ4v) is 2.24. The van der Waals surface area contributed by atoms with Crippen LogP contribution in [0, 0.1) is 5.92 Å². The van der Waals surface area contributed by atoms with Crippen LogP contribution in [0.25, 0.3) is 0 Å². The van der Waals surface area contributed by atoms with E-state index in [1.165, 1.54) is 0 Å². The number of nitrogens with zero attached hydrogens (tertiary/aromatic N) is 1. The van der Waals surface area contributed by atoms with Crippen molar-refractivity contribution in [3.8, 4) is 0 Å². The van der Waals surface area contributed by atoms with Crippen LogP contribution in [0.1, 0.15) is 40.0 Å². The summed E-state index contributed by atoms with van der Waals surface area (Å²) in [5, 5.41) is 6.08. The highest BCUT2D eigenvalue weighted by Crippen LogP contribution is 2.12. The molecule has 5 heteroatoms. The molecule has 1 aliphatic heterocycles. The predicted octanol–water partition coefficient (Wildman–Crippen LogP) is 0.749. The normalized spacial score (nSPS) is 19.9. The van der Waals surface area contributed by atoms with Crippen molar-refractivity contribution in [1.29, 1.82) is 0 Å². The van der Waals surface area contributed by atoms with Crippen LogP contribution in [0.3, 0.4) is 0 Å². The van der Waals surface area contributed by atoms with Crippen molar-refractivity contribution in [1.82, 2.24) is 15.5 Å². The second-order valence-electron chi connectivity index (χ2n) is 5.53. The summed E-state index contributed by atoms with van der Waals surface area (Å²) < 4.78 is 0. The Morgan fingerprint density at radius 3 is 2.84 bits per heavy atom. The molecule has 5 nitrogen and oxygen atoms in total. The van der Waals surface area contributed by atoms with Crippen LogP contribution in [0.5, 0.6) is 0 Å². The summed E-state index contributed by atoms with van der Waals surface area (Å²) in [7, 11) is 0. The molecule has 1 rings (SSSR count). The summed E-state index contributed by atoms with van der Waals surface area (Å²) in [4.78, 5) is 25.6. The maximum absolute atomic E-state index is 12.1. The monoisotopic (exact) mass is 269 g/mol. The van der Waals surface area contributed by atoms with Gasteiger partial charge in [-0.15, -0.1) is 0 Å². The molecule has 1 saturated heterocycles. The number of carbonyl (C=O) groups excluding carboxylic acids is 2. The number of hydrogen-bond donors (Lipinski definition) is 2. The first-order chi connectivity index (χ1) is 9.04. The highest BCUT2D eigenvalue weighted by atomic mass is 16.2. The lowest BCUT2D eigenvalue weighted by Gasteiger charge is -2.32. The number of carbonyl (C=O) groups is 2. The quantitative estimate of drug-likeness (QED) is 0.717. The zero-order valence-corrected chi connectivity index (χ0v) is 12.4. The van der Waals surface area contributed by atoms with Crippen molar-refractivity contribution in [3.05, 3.63) is 0 Å².